The topological polar surface area (TPSA) is 39.9 Å². The lowest BCUT2D eigenvalue weighted by Gasteiger charge is -2.12. The van der Waals surface area contributed by atoms with Crippen LogP contribution in [0.15, 0.2) is 22.7 Å². The van der Waals surface area contributed by atoms with Crippen molar-refractivity contribution in [2.75, 3.05) is 7.11 Å². The molecule has 0 saturated heterocycles. The molecule has 0 radical (unpaired) electrons. The summed E-state index contributed by atoms with van der Waals surface area (Å²) in [4.78, 5) is 0. The van der Waals surface area contributed by atoms with E-state index < -0.39 is 0 Å². The molecular formula is C12H13BrClN3O. The molecule has 2 aromatic rings. The van der Waals surface area contributed by atoms with Crippen LogP contribution in [0.4, 0.5) is 0 Å². The van der Waals surface area contributed by atoms with E-state index in [4.69, 9.17) is 16.3 Å². The zero-order valence-electron chi connectivity index (χ0n) is 10.2. The van der Waals surface area contributed by atoms with Gasteiger partial charge in [-0.05, 0) is 36.2 Å². The minimum atomic E-state index is 0.342. The van der Waals surface area contributed by atoms with Gasteiger partial charge in [-0.15, -0.1) is 10.2 Å². The average molecular weight is 331 g/mol. The monoisotopic (exact) mass is 329 g/mol. The third kappa shape index (κ3) is 2.52. The third-order valence-electron chi connectivity index (χ3n) is 2.55. The van der Waals surface area contributed by atoms with E-state index in [1.807, 2.05) is 22.8 Å². The van der Waals surface area contributed by atoms with Crippen molar-refractivity contribution in [3.63, 3.8) is 0 Å². The molecule has 0 atom stereocenters. The van der Waals surface area contributed by atoms with Crippen molar-refractivity contribution in [3.05, 3.63) is 33.8 Å². The van der Waals surface area contributed by atoms with Gasteiger partial charge in [0.2, 0.25) is 5.28 Å². The Morgan fingerprint density at radius 3 is 2.83 bits per heavy atom. The van der Waals surface area contributed by atoms with Gasteiger partial charge < -0.3 is 4.74 Å². The van der Waals surface area contributed by atoms with Gasteiger partial charge in [-0.25, -0.2) is 0 Å². The molecular weight excluding hydrogens is 318 g/mol. The lowest BCUT2D eigenvalue weighted by atomic mass is 10.2. The molecule has 1 heterocycles. The van der Waals surface area contributed by atoms with Gasteiger partial charge in [-0.2, -0.15) is 0 Å². The van der Waals surface area contributed by atoms with Crippen LogP contribution in [0.25, 0.3) is 5.69 Å². The van der Waals surface area contributed by atoms with Gasteiger partial charge in [-0.3, -0.25) is 4.57 Å². The minimum absolute atomic E-state index is 0.342. The second-order valence-corrected chi connectivity index (χ2v) is 5.04. The number of aromatic nitrogens is 3. The SMILES string of the molecule is CCCc1nnc(Cl)n1-c1cc(Br)ccc1OC. The molecule has 0 N–H and O–H groups in total. The maximum atomic E-state index is 6.11. The van der Waals surface area contributed by atoms with Crippen molar-refractivity contribution < 1.29 is 4.74 Å². The zero-order chi connectivity index (χ0) is 13.1. The molecule has 0 aliphatic heterocycles. The molecule has 18 heavy (non-hydrogen) atoms. The molecule has 0 aliphatic rings. The summed E-state index contributed by atoms with van der Waals surface area (Å²) in [5, 5.41) is 8.36. The average Bonchev–Trinajstić information content (AvgIpc) is 2.71. The van der Waals surface area contributed by atoms with Gasteiger partial charge in [0.25, 0.3) is 0 Å². The summed E-state index contributed by atoms with van der Waals surface area (Å²) in [5.74, 6) is 1.57. The minimum Gasteiger partial charge on any atom is -0.495 e. The highest BCUT2D eigenvalue weighted by molar-refractivity contribution is 9.10. The lowest BCUT2D eigenvalue weighted by molar-refractivity contribution is 0.412. The molecule has 96 valence electrons. The van der Waals surface area contributed by atoms with Gasteiger partial charge in [0, 0.05) is 10.9 Å². The van der Waals surface area contributed by atoms with E-state index in [-0.39, 0.29) is 0 Å². The van der Waals surface area contributed by atoms with E-state index in [0.717, 1.165) is 34.6 Å². The molecule has 0 bridgehead atoms. The number of aryl methyl sites for hydroxylation is 1. The van der Waals surface area contributed by atoms with E-state index in [0.29, 0.717) is 5.28 Å². The first-order valence-corrected chi connectivity index (χ1v) is 6.78. The molecule has 0 aliphatic carbocycles. The van der Waals surface area contributed by atoms with Gasteiger partial charge in [0.15, 0.2) is 0 Å². The number of hydrogen-bond donors (Lipinski definition) is 0. The third-order valence-corrected chi connectivity index (χ3v) is 3.28. The predicted octanol–water partition coefficient (Wildman–Crippen LogP) is 3.64. The van der Waals surface area contributed by atoms with Crippen molar-refractivity contribution in [1.29, 1.82) is 0 Å². The van der Waals surface area contributed by atoms with Crippen LogP contribution in [-0.2, 0) is 6.42 Å². The highest BCUT2D eigenvalue weighted by atomic mass is 79.9. The Kier molecular flexibility index (Phi) is 4.24. The summed E-state index contributed by atoms with van der Waals surface area (Å²) >= 11 is 9.56. The highest BCUT2D eigenvalue weighted by Gasteiger charge is 2.15. The van der Waals surface area contributed by atoms with Crippen LogP contribution in [0.5, 0.6) is 5.75 Å². The van der Waals surface area contributed by atoms with Crippen LogP contribution >= 0.6 is 27.5 Å². The Hall–Kier alpha value is -1.07. The number of halogens is 2. The fourth-order valence-corrected chi connectivity index (χ4v) is 2.33. The fourth-order valence-electron chi connectivity index (χ4n) is 1.76. The van der Waals surface area contributed by atoms with E-state index in [9.17, 15) is 0 Å². The normalized spacial score (nSPS) is 10.7. The first-order chi connectivity index (χ1) is 8.67. The van der Waals surface area contributed by atoms with Crippen LogP contribution in [0.2, 0.25) is 5.28 Å². The first kappa shape index (κ1) is 13.4. The summed E-state index contributed by atoms with van der Waals surface area (Å²) in [6.45, 7) is 2.09. The van der Waals surface area contributed by atoms with Gasteiger partial charge >= 0.3 is 0 Å². The van der Waals surface area contributed by atoms with Crippen molar-refractivity contribution in [2.45, 2.75) is 19.8 Å². The van der Waals surface area contributed by atoms with Gasteiger partial charge in [0.1, 0.15) is 11.6 Å². The quantitative estimate of drug-likeness (QED) is 0.859. The number of benzene rings is 1. The van der Waals surface area contributed by atoms with Gasteiger partial charge in [-0.1, -0.05) is 22.9 Å². The second kappa shape index (κ2) is 5.71. The zero-order valence-corrected chi connectivity index (χ0v) is 12.5. The van der Waals surface area contributed by atoms with Crippen LogP contribution in [0.3, 0.4) is 0 Å². The molecule has 2 rings (SSSR count). The number of methoxy groups -OCH3 is 1. The van der Waals surface area contributed by atoms with E-state index >= 15 is 0 Å². The Bertz CT molecular complexity index is 556. The van der Waals surface area contributed by atoms with Crippen molar-refractivity contribution in [3.8, 4) is 11.4 Å². The molecule has 0 fully saturated rings. The van der Waals surface area contributed by atoms with Crippen LogP contribution in [0.1, 0.15) is 19.2 Å². The summed E-state index contributed by atoms with van der Waals surface area (Å²) < 4.78 is 8.12. The predicted molar refractivity (Wildman–Crippen MR) is 74.6 cm³/mol. The maximum absolute atomic E-state index is 6.11. The van der Waals surface area contributed by atoms with Crippen LogP contribution in [0, 0.1) is 0 Å². The van der Waals surface area contributed by atoms with E-state index in [1.165, 1.54) is 0 Å². The molecule has 0 spiro atoms. The molecule has 0 unspecified atom stereocenters. The Labute approximate surface area is 119 Å². The molecule has 0 saturated carbocycles. The smallest absolute Gasteiger partial charge is 0.229 e. The van der Waals surface area contributed by atoms with Crippen LogP contribution in [-0.4, -0.2) is 21.9 Å². The molecule has 4 nitrogen and oxygen atoms in total. The molecule has 6 heteroatoms. The Morgan fingerprint density at radius 1 is 1.39 bits per heavy atom. The number of nitrogens with zero attached hydrogens (tertiary/aromatic N) is 3. The highest BCUT2D eigenvalue weighted by Crippen LogP contribution is 2.29. The van der Waals surface area contributed by atoms with Gasteiger partial charge in [0.05, 0.1) is 12.8 Å². The number of rotatable bonds is 4. The van der Waals surface area contributed by atoms with Crippen molar-refractivity contribution >= 4 is 27.5 Å². The summed E-state index contributed by atoms with van der Waals surface area (Å²) in [6.07, 6.45) is 1.79. The Morgan fingerprint density at radius 2 is 2.17 bits per heavy atom. The summed E-state index contributed by atoms with van der Waals surface area (Å²) in [5.41, 5.74) is 0.838. The molecule has 1 aromatic carbocycles. The molecule has 1 aromatic heterocycles. The van der Waals surface area contributed by atoms with Crippen molar-refractivity contribution in [2.24, 2.45) is 0 Å². The largest absolute Gasteiger partial charge is 0.495 e. The van der Waals surface area contributed by atoms with E-state index in [2.05, 4.69) is 33.1 Å². The van der Waals surface area contributed by atoms with Crippen molar-refractivity contribution in [1.82, 2.24) is 14.8 Å². The standard InChI is InChI=1S/C12H13BrClN3O/c1-3-4-11-15-16-12(14)17(11)9-7-8(13)5-6-10(9)18-2/h5-7H,3-4H2,1-2H3. The number of hydrogen-bond acceptors (Lipinski definition) is 3. The summed E-state index contributed by atoms with van der Waals surface area (Å²) in [6, 6.07) is 5.73. The Balaban J connectivity index is 2.60. The number of ether oxygens (including phenoxy) is 1. The maximum Gasteiger partial charge on any atom is 0.229 e. The first-order valence-electron chi connectivity index (χ1n) is 5.61. The fraction of sp³-hybridized carbons (Fsp3) is 0.333. The van der Waals surface area contributed by atoms with E-state index in [1.54, 1.807) is 7.11 Å². The summed E-state index contributed by atoms with van der Waals surface area (Å²) in [7, 11) is 1.63. The lowest BCUT2D eigenvalue weighted by Crippen LogP contribution is -2.03. The van der Waals surface area contributed by atoms with Crippen LogP contribution < -0.4 is 4.74 Å². The second-order valence-electron chi connectivity index (χ2n) is 3.79. The molecule has 0 amide bonds.